The number of piperidine rings is 1. The Hall–Kier alpha value is -2.74. The van der Waals surface area contributed by atoms with Crippen LogP contribution >= 0.6 is 0 Å². The number of nitrogens with zero attached hydrogens (tertiary/aromatic N) is 3. The second kappa shape index (κ2) is 8.52. The molecule has 1 saturated heterocycles. The Kier molecular flexibility index (Phi) is 5.66. The molecular formula is C20H23FN4O3. The fraction of sp³-hybridized carbons (Fsp3) is 0.450. The van der Waals surface area contributed by atoms with Gasteiger partial charge in [-0.1, -0.05) is 6.07 Å². The fourth-order valence-corrected chi connectivity index (χ4v) is 3.47. The maximum absolute atomic E-state index is 13.1. The molecule has 1 fully saturated rings. The maximum Gasteiger partial charge on any atom is 0.258 e. The fourth-order valence-electron chi connectivity index (χ4n) is 3.47. The lowest BCUT2D eigenvalue weighted by Crippen LogP contribution is -2.46. The van der Waals surface area contributed by atoms with Gasteiger partial charge in [-0.3, -0.25) is 4.79 Å². The topological polar surface area (TPSA) is 76.6 Å². The number of rotatable bonds is 5. The highest BCUT2D eigenvalue weighted by Gasteiger charge is 2.23. The van der Waals surface area contributed by atoms with E-state index in [1.165, 1.54) is 12.1 Å². The van der Waals surface area contributed by atoms with Crippen molar-refractivity contribution in [3.05, 3.63) is 47.5 Å². The van der Waals surface area contributed by atoms with Gasteiger partial charge in [0.1, 0.15) is 11.6 Å². The lowest BCUT2D eigenvalue weighted by molar-refractivity contribution is -0.123. The number of nitrogens with one attached hydrogen (secondary N) is 1. The first-order valence-corrected chi connectivity index (χ1v) is 9.52. The quantitative estimate of drug-likeness (QED) is 0.845. The van der Waals surface area contributed by atoms with Crippen molar-refractivity contribution in [2.75, 3.05) is 31.2 Å². The summed E-state index contributed by atoms with van der Waals surface area (Å²) in [6.45, 7) is 2.73. The molecule has 2 aromatic rings. The third-order valence-corrected chi connectivity index (χ3v) is 4.99. The summed E-state index contributed by atoms with van der Waals surface area (Å²) in [7, 11) is 0. The molecule has 0 unspecified atom stereocenters. The standard InChI is InChI=1S/C20H23FN4O3/c21-15-2-1-3-17(10-15)28-13-19(26)23-16-4-7-25(8-5-16)20-22-11-14-12-27-9-6-18(14)24-20/h1-3,10-11,16H,4-9,12-13H2,(H,23,26). The zero-order valence-electron chi connectivity index (χ0n) is 15.6. The van der Waals surface area contributed by atoms with Gasteiger partial charge in [0.15, 0.2) is 6.61 Å². The number of carbonyl (C=O) groups is 1. The molecule has 1 amide bonds. The zero-order valence-corrected chi connectivity index (χ0v) is 15.6. The molecule has 0 aliphatic carbocycles. The summed E-state index contributed by atoms with van der Waals surface area (Å²) in [6.07, 6.45) is 4.31. The first-order chi connectivity index (χ1) is 13.7. The van der Waals surface area contributed by atoms with Crippen molar-refractivity contribution >= 4 is 11.9 Å². The number of hydrogen-bond acceptors (Lipinski definition) is 6. The van der Waals surface area contributed by atoms with Gasteiger partial charge < -0.3 is 19.7 Å². The van der Waals surface area contributed by atoms with Crippen LogP contribution in [0.2, 0.25) is 0 Å². The summed E-state index contributed by atoms with van der Waals surface area (Å²) >= 11 is 0. The lowest BCUT2D eigenvalue weighted by Gasteiger charge is -2.32. The van der Waals surface area contributed by atoms with Crippen molar-refractivity contribution in [1.82, 2.24) is 15.3 Å². The van der Waals surface area contributed by atoms with Crippen molar-refractivity contribution in [3.63, 3.8) is 0 Å². The minimum Gasteiger partial charge on any atom is -0.484 e. The van der Waals surface area contributed by atoms with Gasteiger partial charge in [-0.15, -0.1) is 0 Å². The Morgan fingerprint density at radius 2 is 2.21 bits per heavy atom. The van der Waals surface area contributed by atoms with E-state index in [2.05, 4.69) is 20.2 Å². The SMILES string of the molecule is O=C(COc1cccc(F)c1)NC1CCN(c2ncc3c(n2)CCOC3)CC1. The molecule has 8 heteroatoms. The van der Waals surface area contributed by atoms with E-state index >= 15 is 0 Å². The third kappa shape index (κ3) is 4.56. The summed E-state index contributed by atoms with van der Waals surface area (Å²) in [6, 6.07) is 5.86. The van der Waals surface area contributed by atoms with Crippen LogP contribution in [0.15, 0.2) is 30.5 Å². The van der Waals surface area contributed by atoms with Crippen LogP contribution in [0.3, 0.4) is 0 Å². The molecule has 0 bridgehead atoms. The number of halogens is 1. The van der Waals surface area contributed by atoms with E-state index in [1.807, 2.05) is 6.20 Å². The monoisotopic (exact) mass is 386 g/mol. The highest BCUT2D eigenvalue weighted by Crippen LogP contribution is 2.20. The smallest absolute Gasteiger partial charge is 0.258 e. The van der Waals surface area contributed by atoms with E-state index < -0.39 is 0 Å². The number of fused-ring (bicyclic) bond motifs is 1. The van der Waals surface area contributed by atoms with Crippen LogP contribution in [0.4, 0.5) is 10.3 Å². The van der Waals surface area contributed by atoms with Gasteiger partial charge in [0.05, 0.1) is 18.9 Å². The summed E-state index contributed by atoms with van der Waals surface area (Å²) in [4.78, 5) is 23.4. The lowest BCUT2D eigenvalue weighted by atomic mass is 10.1. The summed E-state index contributed by atoms with van der Waals surface area (Å²) in [5.74, 6) is 0.509. The predicted molar refractivity (Wildman–Crippen MR) is 101 cm³/mol. The average molecular weight is 386 g/mol. The minimum absolute atomic E-state index is 0.0888. The zero-order chi connectivity index (χ0) is 19.3. The van der Waals surface area contributed by atoms with Crippen molar-refractivity contribution in [1.29, 1.82) is 0 Å². The molecule has 1 aromatic heterocycles. The third-order valence-electron chi connectivity index (χ3n) is 4.99. The van der Waals surface area contributed by atoms with Crippen LogP contribution in [-0.4, -0.2) is 48.2 Å². The highest BCUT2D eigenvalue weighted by molar-refractivity contribution is 5.77. The van der Waals surface area contributed by atoms with Crippen LogP contribution in [0, 0.1) is 5.82 Å². The van der Waals surface area contributed by atoms with Crippen LogP contribution in [0.5, 0.6) is 5.75 Å². The molecular weight excluding hydrogens is 363 g/mol. The Morgan fingerprint density at radius 1 is 1.36 bits per heavy atom. The molecule has 0 radical (unpaired) electrons. The molecule has 1 N–H and O–H groups in total. The van der Waals surface area contributed by atoms with Crippen molar-refractivity contribution in [3.8, 4) is 5.75 Å². The normalized spacial score (nSPS) is 17.1. The molecule has 1 aromatic carbocycles. The molecule has 0 atom stereocenters. The van der Waals surface area contributed by atoms with Gasteiger partial charge in [-0.05, 0) is 25.0 Å². The van der Waals surface area contributed by atoms with Crippen LogP contribution < -0.4 is 15.0 Å². The first-order valence-electron chi connectivity index (χ1n) is 9.52. The Bertz CT molecular complexity index is 840. The van der Waals surface area contributed by atoms with E-state index in [0.717, 1.165) is 49.6 Å². The number of benzene rings is 1. The van der Waals surface area contributed by atoms with Crippen molar-refractivity contribution in [2.45, 2.75) is 31.9 Å². The molecule has 3 heterocycles. The van der Waals surface area contributed by atoms with E-state index in [9.17, 15) is 9.18 Å². The molecule has 7 nitrogen and oxygen atoms in total. The van der Waals surface area contributed by atoms with Gasteiger partial charge in [0, 0.05) is 43.4 Å². The van der Waals surface area contributed by atoms with E-state index in [-0.39, 0.29) is 24.4 Å². The number of carbonyl (C=O) groups excluding carboxylic acids is 1. The Balaban J connectivity index is 1.24. The van der Waals surface area contributed by atoms with Gasteiger partial charge >= 0.3 is 0 Å². The van der Waals surface area contributed by atoms with E-state index in [4.69, 9.17) is 9.47 Å². The van der Waals surface area contributed by atoms with Gasteiger partial charge in [0.2, 0.25) is 5.95 Å². The van der Waals surface area contributed by atoms with Gasteiger partial charge in [-0.25, -0.2) is 14.4 Å². The molecule has 0 saturated carbocycles. The molecule has 4 rings (SSSR count). The Labute approximate surface area is 162 Å². The number of amides is 1. The van der Waals surface area contributed by atoms with Gasteiger partial charge in [0.25, 0.3) is 5.91 Å². The maximum atomic E-state index is 13.1. The Morgan fingerprint density at radius 3 is 3.04 bits per heavy atom. The summed E-state index contributed by atoms with van der Waals surface area (Å²) in [5, 5.41) is 2.98. The van der Waals surface area contributed by atoms with Crippen molar-refractivity contribution in [2.24, 2.45) is 0 Å². The number of hydrogen-bond donors (Lipinski definition) is 1. The molecule has 148 valence electrons. The summed E-state index contributed by atoms with van der Waals surface area (Å²) < 4.78 is 23.9. The highest BCUT2D eigenvalue weighted by atomic mass is 19.1. The van der Waals surface area contributed by atoms with Crippen LogP contribution in [0.25, 0.3) is 0 Å². The predicted octanol–water partition coefficient (Wildman–Crippen LogP) is 1.85. The van der Waals surface area contributed by atoms with Gasteiger partial charge in [-0.2, -0.15) is 0 Å². The second-order valence-corrected chi connectivity index (χ2v) is 7.02. The summed E-state index contributed by atoms with van der Waals surface area (Å²) in [5.41, 5.74) is 2.14. The first kappa shape index (κ1) is 18.6. The number of aromatic nitrogens is 2. The molecule has 2 aliphatic heterocycles. The van der Waals surface area contributed by atoms with Crippen LogP contribution in [0.1, 0.15) is 24.1 Å². The second-order valence-electron chi connectivity index (χ2n) is 7.02. The molecule has 28 heavy (non-hydrogen) atoms. The molecule has 0 spiro atoms. The largest absolute Gasteiger partial charge is 0.484 e. The molecule has 2 aliphatic rings. The van der Waals surface area contributed by atoms with E-state index in [0.29, 0.717) is 19.0 Å². The minimum atomic E-state index is -0.387. The van der Waals surface area contributed by atoms with Crippen LogP contribution in [-0.2, 0) is 22.6 Å². The van der Waals surface area contributed by atoms with Crippen molar-refractivity contribution < 1.29 is 18.7 Å². The van der Waals surface area contributed by atoms with E-state index in [1.54, 1.807) is 12.1 Å². The average Bonchev–Trinajstić information content (AvgIpc) is 2.72. The number of anilines is 1. The number of ether oxygens (including phenoxy) is 2.